The normalized spacial score (nSPS) is 17.0. The Bertz CT molecular complexity index is 684. The molecule has 120 valence electrons. The molecule has 2 aromatic rings. The van der Waals surface area contributed by atoms with Crippen molar-refractivity contribution >= 4 is 11.6 Å². The molecule has 0 saturated carbocycles. The molecule has 23 heavy (non-hydrogen) atoms. The summed E-state index contributed by atoms with van der Waals surface area (Å²) in [4.78, 5) is 11.2. The molecule has 0 fully saturated rings. The fraction of sp³-hybridized carbons (Fsp3) is 0.316. The molecule has 3 rings (SSSR count). The molecule has 0 spiro atoms. The van der Waals surface area contributed by atoms with Gasteiger partial charge in [-0.05, 0) is 55.1 Å². The standard InChI is InChI=1S/C19H23N3O/c20-19(23)15-6-3-5-14(13-15)10-12-22-18-9-4-11-21-17-8-2-1-7-16(17)18/h1-3,5-8,13,18,21-22H,4,9-12H2,(H2,20,23). The first-order chi connectivity index (χ1) is 11.2. The Morgan fingerprint density at radius 3 is 2.96 bits per heavy atom. The highest BCUT2D eigenvalue weighted by Crippen LogP contribution is 2.28. The lowest BCUT2D eigenvalue weighted by Gasteiger charge is -2.19. The van der Waals surface area contributed by atoms with Crippen LogP contribution in [0.4, 0.5) is 5.69 Å². The number of primary amides is 1. The number of nitrogens with two attached hydrogens (primary N) is 1. The summed E-state index contributed by atoms with van der Waals surface area (Å²) in [6, 6.07) is 16.4. The molecule has 0 radical (unpaired) electrons. The van der Waals surface area contributed by atoms with E-state index < -0.39 is 0 Å². The highest BCUT2D eigenvalue weighted by atomic mass is 16.1. The minimum Gasteiger partial charge on any atom is -0.385 e. The van der Waals surface area contributed by atoms with Crippen LogP contribution in [-0.4, -0.2) is 19.0 Å². The van der Waals surface area contributed by atoms with Gasteiger partial charge in [0.05, 0.1) is 0 Å². The van der Waals surface area contributed by atoms with Crippen molar-refractivity contribution in [2.24, 2.45) is 5.73 Å². The van der Waals surface area contributed by atoms with E-state index in [9.17, 15) is 4.79 Å². The summed E-state index contributed by atoms with van der Waals surface area (Å²) >= 11 is 0. The van der Waals surface area contributed by atoms with Crippen LogP contribution < -0.4 is 16.4 Å². The highest BCUT2D eigenvalue weighted by Gasteiger charge is 2.17. The summed E-state index contributed by atoms with van der Waals surface area (Å²) in [5.74, 6) is -0.372. The van der Waals surface area contributed by atoms with Gasteiger partial charge in [-0.1, -0.05) is 30.3 Å². The molecule has 0 bridgehead atoms. The smallest absolute Gasteiger partial charge is 0.248 e. The molecular formula is C19H23N3O. The number of rotatable bonds is 5. The van der Waals surface area contributed by atoms with Crippen LogP contribution in [0.15, 0.2) is 48.5 Å². The predicted octanol–water partition coefficient (Wildman–Crippen LogP) is 2.86. The van der Waals surface area contributed by atoms with Gasteiger partial charge in [0.15, 0.2) is 0 Å². The van der Waals surface area contributed by atoms with Gasteiger partial charge in [0.1, 0.15) is 0 Å². The van der Waals surface area contributed by atoms with Crippen molar-refractivity contribution in [3.05, 3.63) is 65.2 Å². The van der Waals surface area contributed by atoms with E-state index in [1.165, 1.54) is 11.3 Å². The Labute approximate surface area is 137 Å². The van der Waals surface area contributed by atoms with Crippen LogP contribution in [0.3, 0.4) is 0 Å². The van der Waals surface area contributed by atoms with Crippen molar-refractivity contribution in [1.29, 1.82) is 0 Å². The molecule has 1 heterocycles. The third-order valence-corrected chi connectivity index (χ3v) is 4.34. The van der Waals surface area contributed by atoms with E-state index in [0.717, 1.165) is 37.9 Å². The lowest BCUT2D eigenvalue weighted by Crippen LogP contribution is -2.23. The Morgan fingerprint density at radius 1 is 1.22 bits per heavy atom. The van der Waals surface area contributed by atoms with E-state index in [0.29, 0.717) is 11.6 Å². The van der Waals surface area contributed by atoms with Crippen molar-refractivity contribution in [3.63, 3.8) is 0 Å². The van der Waals surface area contributed by atoms with Gasteiger partial charge in [0.25, 0.3) is 0 Å². The van der Waals surface area contributed by atoms with Gasteiger partial charge >= 0.3 is 0 Å². The molecule has 0 aliphatic carbocycles. The maximum absolute atomic E-state index is 11.2. The van der Waals surface area contributed by atoms with Crippen LogP contribution in [0, 0.1) is 0 Å². The lowest BCUT2D eigenvalue weighted by atomic mass is 10.0. The second kappa shape index (κ2) is 7.29. The summed E-state index contributed by atoms with van der Waals surface area (Å²) in [7, 11) is 0. The van der Waals surface area contributed by atoms with Gasteiger partial charge in [0.2, 0.25) is 5.91 Å². The van der Waals surface area contributed by atoms with Gasteiger partial charge in [-0.15, -0.1) is 0 Å². The summed E-state index contributed by atoms with van der Waals surface area (Å²) < 4.78 is 0. The molecule has 1 atom stereocenters. The number of carbonyl (C=O) groups excluding carboxylic acids is 1. The molecular weight excluding hydrogens is 286 g/mol. The molecule has 4 nitrogen and oxygen atoms in total. The van der Waals surface area contributed by atoms with Crippen LogP contribution in [0.5, 0.6) is 0 Å². The maximum Gasteiger partial charge on any atom is 0.248 e. The van der Waals surface area contributed by atoms with Gasteiger partial charge in [-0.2, -0.15) is 0 Å². The average Bonchev–Trinajstić information content (AvgIpc) is 2.78. The molecule has 4 heteroatoms. The van der Waals surface area contributed by atoms with Crippen LogP contribution in [0.25, 0.3) is 0 Å². The second-order valence-corrected chi connectivity index (χ2v) is 5.98. The number of hydrogen-bond donors (Lipinski definition) is 3. The molecule has 1 aliphatic heterocycles. The largest absolute Gasteiger partial charge is 0.385 e. The van der Waals surface area contributed by atoms with Crippen LogP contribution in [0.2, 0.25) is 0 Å². The van der Waals surface area contributed by atoms with E-state index in [4.69, 9.17) is 5.73 Å². The van der Waals surface area contributed by atoms with Crippen molar-refractivity contribution in [2.45, 2.75) is 25.3 Å². The summed E-state index contributed by atoms with van der Waals surface area (Å²) in [6.07, 6.45) is 3.17. The number of hydrogen-bond acceptors (Lipinski definition) is 3. The zero-order valence-electron chi connectivity index (χ0n) is 13.2. The quantitative estimate of drug-likeness (QED) is 0.795. The van der Waals surface area contributed by atoms with Crippen LogP contribution in [0.1, 0.15) is 40.4 Å². The Morgan fingerprint density at radius 2 is 2.09 bits per heavy atom. The maximum atomic E-state index is 11.2. The SMILES string of the molecule is NC(=O)c1cccc(CCNC2CCCNc3ccccc32)c1. The zero-order valence-corrected chi connectivity index (χ0v) is 13.2. The summed E-state index contributed by atoms with van der Waals surface area (Å²) in [5, 5.41) is 7.15. The van der Waals surface area contributed by atoms with Crippen LogP contribution in [-0.2, 0) is 6.42 Å². The minimum atomic E-state index is -0.372. The van der Waals surface area contributed by atoms with E-state index in [-0.39, 0.29) is 5.91 Å². The second-order valence-electron chi connectivity index (χ2n) is 5.98. The van der Waals surface area contributed by atoms with Crippen molar-refractivity contribution in [2.75, 3.05) is 18.4 Å². The number of anilines is 1. The first kappa shape index (κ1) is 15.6. The zero-order chi connectivity index (χ0) is 16.1. The summed E-state index contributed by atoms with van der Waals surface area (Å²) in [5.41, 5.74) is 9.62. The fourth-order valence-electron chi connectivity index (χ4n) is 3.13. The number of carbonyl (C=O) groups is 1. The fourth-order valence-corrected chi connectivity index (χ4v) is 3.13. The van der Waals surface area contributed by atoms with Crippen molar-refractivity contribution in [1.82, 2.24) is 5.32 Å². The van der Waals surface area contributed by atoms with Gasteiger partial charge in [-0.25, -0.2) is 0 Å². The molecule has 4 N–H and O–H groups in total. The molecule has 1 amide bonds. The molecule has 2 aromatic carbocycles. The van der Waals surface area contributed by atoms with E-state index in [2.05, 4.69) is 34.9 Å². The molecule has 0 saturated heterocycles. The minimum absolute atomic E-state index is 0.372. The highest BCUT2D eigenvalue weighted by molar-refractivity contribution is 5.92. The Hall–Kier alpha value is -2.33. The lowest BCUT2D eigenvalue weighted by molar-refractivity contribution is 0.1000. The van der Waals surface area contributed by atoms with E-state index in [1.807, 2.05) is 18.2 Å². The number of nitrogens with one attached hydrogen (secondary N) is 2. The van der Waals surface area contributed by atoms with E-state index >= 15 is 0 Å². The number of fused-ring (bicyclic) bond motifs is 1. The predicted molar refractivity (Wildman–Crippen MR) is 93.6 cm³/mol. The van der Waals surface area contributed by atoms with Gasteiger partial charge in [0, 0.05) is 23.8 Å². The van der Waals surface area contributed by atoms with Crippen LogP contribution >= 0.6 is 0 Å². The number of para-hydroxylation sites is 1. The third-order valence-electron chi connectivity index (χ3n) is 4.34. The first-order valence-corrected chi connectivity index (χ1v) is 8.19. The number of amides is 1. The monoisotopic (exact) mass is 309 g/mol. The Kier molecular flexibility index (Phi) is 4.93. The molecule has 0 aromatic heterocycles. The van der Waals surface area contributed by atoms with Gasteiger partial charge in [-0.3, -0.25) is 4.79 Å². The summed E-state index contributed by atoms with van der Waals surface area (Å²) in [6.45, 7) is 1.90. The topological polar surface area (TPSA) is 67.2 Å². The van der Waals surface area contributed by atoms with Crippen molar-refractivity contribution < 1.29 is 4.79 Å². The molecule has 1 aliphatic rings. The number of benzene rings is 2. The van der Waals surface area contributed by atoms with E-state index in [1.54, 1.807) is 6.07 Å². The average molecular weight is 309 g/mol. The van der Waals surface area contributed by atoms with Crippen molar-refractivity contribution in [3.8, 4) is 0 Å². The third kappa shape index (κ3) is 3.90. The first-order valence-electron chi connectivity index (χ1n) is 8.19. The molecule has 1 unspecified atom stereocenters. The van der Waals surface area contributed by atoms with Gasteiger partial charge < -0.3 is 16.4 Å². The Balaban J connectivity index is 1.62.